The van der Waals surface area contributed by atoms with E-state index in [2.05, 4.69) is 27.7 Å². The van der Waals surface area contributed by atoms with Crippen LogP contribution in [0.15, 0.2) is 54.6 Å². The lowest BCUT2D eigenvalue weighted by atomic mass is 9.86. The Morgan fingerprint density at radius 3 is 2.12 bits per heavy atom. The molecule has 0 spiro atoms. The Hall–Kier alpha value is -2.29. The molecule has 0 unspecified atom stereocenters. The first kappa shape index (κ1) is 18.1. The van der Waals surface area contributed by atoms with E-state index in [0.29, 0.717) is 0 Å². The SMILES string of the molecule is CC(C)C(C(=O)OCc1cccc(Oc2ccccc2)c1)C(C)C. The molecule has 0 atom stereocenters. The minimum atomic E-state index is -0.130. The largest absolute Gasteiger partial charge is 0.461 e. The Morgan fingerprint density at radius 2 is 1.50 bits per heavy atom. The van der Waals surface area contributed by atoms with Crippen LogP contribution in [0.5, 0.6) is 11.5 Å². The Labute approximate surface area is 144 Å². The second-order valence-electron chi connectivity index (χ2n) is 6.68. The summed E-state index contributed by atoms with van der Waals surface area (Å²) in [7, 11) is 0. The highest BCUT2D eigenvalue weighted by Crippen LogP contribution is 2.24. The molecule has 0 aromatic heterocycles. The normalized spacial score (nSPS) is 11.1. The lowest BCUT2D eigenvalue weighted by molar-refractivity contribution is -0.153. The number of carbonyl (C=O) groups excluding carboxylic acids is 1. The summed E-state index contributed by atoms with van der Waals surface area (Å²) in [5, 5.41) is 0. The van der Waals surface area contributed by atoms with Crippen molar-refractivity contribution in [2.75, 3.05) is 0 Å². The number of hydrogen-bond donors (Lipinski definition) is 0. The Balaban J connectivity index is 1.98. The summed E-state index contributed by atoms with van der Waals surface area (Å²) in [4.78, 5) is 12.3. The molecule has 0 amide bonds. The summed E-state index contributed by atoms with van der Waals surface area (Å²) < 4.78 is 11.3. The van der Waals surface area contributed by atoms with Gasteiger partial charge in [0.1, 0.15) is 18.1 Å². The lowest BCUT2D eigenvalue weighted by Gasteiger charge is -2.22. The highest BCUT2D eigenvalue weighted by atomic mass is 16.5. The molecule has 0 radical (unpaired) electrons. The quantitative estimate of drug-likeness (QED) is 0.635. The average molecular weight is 326 g/mol. The van der Waals surface area contributed by atoms with Crippen LogP contribution >= 0.6 is 0 Å². The molecule has 2 aromatic carbocycles. The first-order valence-corrected chi connectivity index (χ1v) is 8.46. The van der Waals surface area contributed by atoms with Gasteiger partial charge in [-0.2, -0.15) is 0 Å². The molecule has 0 aliphatic rings. The summed E-state index contributed by atoms with van der Waals surface area (Å²) in [6, 6.07) is 17.3. The van der Waals surface area contributed by atoms with Gasteiger partial charge in [0.15, 0.2) is 0 Å². The van der Waals surface area contributed by atoms with E-state index in [0.717, 1.165) is 17.1 Å². The van der Waals surface area contributed by atoms with Crippen molar-refractivity contribution in [1.82, 2.24) is 0 Å². The van der Waals surface area contributed by atoms with Crippen LogP contribution in [0.25, 0.3) is 0 Å². The van der Waals surface area contributed by atoms with Crippen LogP contribution in [-0.2, 0) is 16.1 Å². The Kier molecular flexibility index (Phi) is 6.42. The number of rotatable bonds is 7. The van der Waals surface area contributed by atoms with Gasteiger partial charge in [-0.1, -0.05) is 58.0 Å². The van der Waals surface area contributed by atoms with Crippen LogP contribution < -0.4 is 4.74 Å². The molecule has 0 aliphatic carbocycles. The summed E-state index contributed by atoms with van der Waals surface area (Å²) in [5.41, 5.74) is 0.919. The number of benzene rings is 2. The van der Waals surface area contributed by atoms with Crippen molar-refractivity contribution >= 4 is 5.97 Å². The molecule has 3 nitrogen and oxygen atoms in total. The minimum absolute atomic E-state index is 0.0752. The van der Waals surface area contributed by atoms with Crippen molar-refractivity contribution in [2.24, 2.45) is 17.8 Å². The molecule has 2 aromatic rings. The summed E-state index contributed by atoms with van der Waals surface area (Å²) in [6.07, 6.45) is 0. The molecule has 3 heteroatoms. The maximum absolute atomic E-state index is 12.3. The zero-order chi connectivity index (χ0) is 17.5. The van der Waals surface area contributed by atoms with E-state index in [4.69, 9.17) is 9.47 Å². The third-order valence-electron chi connectivity index (χ3n) is 3.97. The number of para-hydroxylation sites is 1. The number of ether oxygens (including phenoxy) is 2. The van der Waals surface area contributed by atoms with Gasteiger partial charge in [0.2, 0.25) is 0 Å². The van der Waals surface area contributed by atoms with Gasteiger partial charge in [-0.25, -0.2) is 0 Å². The summed E-state index contributed by atoms with van der Waals surface area (Å²) in [5.74, 6) is 1.85. The van der Waals surface area contributed by atoms with Gasteiger partial charge < -0.3 is 9.47 Å². The van der Waals surface area contributed by atoms with Crippen LogP contribution in [0.2, 0.25) is 0 Å². The molecule has 0 bridgehead atoms. The predicted molar refractivity (Wildman–Crippen MR) is 95.9 cm³/mol. The van der Waals surface area contributed by atoms with E-state index in [1.54, 1.807) is 0 Å². The minimum Gasteiger partial charge on any atom is -0.461 e. The zero-order valence-electron chi connectivity index (χ0n) is 14.9. The van der Waals surface area contributed by atoms with Crippen molar-refractivity contribution < 1.29 is 14.3 Å². The highest BCUT2D eigenvalue weighted by molar-refractivity contribution is 5.73. The van der Waals surface area contributed by atoms with Gasteiger partial charge in [0, 0.05) is 0 Å². The van der Waals surface area contributed by atoms with Crippen LogP contribution in [0.3, 0.4) is 0 Å². The maximum Gasteiger partial charge on any atom is 0.309 e. The Morgan fingerprint density at radius 1 is 0.875 bits per heavy atom. The molecular formula is C21H26O3. The van der Waals surface area contributed by atoms with Gasteiger partial charge in [0.25, 0.3) is 0 Å². The fraction of sp³-hybridized carbons (Fsp3) is 0.381. The lowest BCUT2D eigenvalue weighted by Crippen LogP contribution is -2.27. The smallest absolute Gasteiger partial charge is 0.309 e. The molecule has 2 rings (SSSR count). The second kappa shape index (κ2) is 8.53. The van der Waals surface area contributed by atoms with Crippen molar-refractivity contribution in [3.8, 4) is 11.5 Å². The third-order valence-corrected chi connectivity index (χ3v) is 3.97. The van der Waals surface area contributed by atoms with Crippen LogP contribution in [0, 0.1) is 17.8 Å². The summed E-state index contributed by atoms with van der Waals surface area (Å²) >= 11 is 0. The van der Waals surface area contributed by atoms with E-state index in [9.17, 15) is 4.79 Å². The molecule has 0 heterocycles. The van der Waals surface area contributed by atoms with Gasteiger partial charge in [-0.15, -0.1) is 0 Å². The Bertz CT molecular complexity index is 639. The predicted octanol–water partition coefficient (Wildman–Crippen LogP) is 5.45. The molecule has 24 heavy (non-hydrogen) atoms. The van der Waals surface area contributed by atoms with E-state index >= 15 is 0 Å². The molecular weight excluding hydrogens is 300 g/mol. The topological polar surface area (TPSA) is 35.5 Å². The summed E-state index contributed by atoms with van der Waals surface area (Å²) in [6.45, 7) is 8.49. The molecule has 128 valence electrons. The van der Waals surface area contributed by atoms with Gasteiger partial charge in [-0.3, -0.25) is 4.79 Å². The van der Waals surface area contributed by atoms with Crippen molar-refractivity contribution in [3.63, 3.8) is 0 Å². The fourth-order valence-electron chi connectivity index (χ4n) is 2.89. The maximum atomic E-state index is 12.3. The number of hydrogen-bond acceptors (Lipinski definition) is 3. The number of esters is 1. The van der Waals surface area contributed by atoms with Crippen LogP contribution in [0.1, 0.15) is 33.3 Å². The first-order chi connectivity index (χ1) is 11.5. The molecule has 0 saturated heterocycles. The van der Waals surface area contributed by atoms with Gasteiger partial charge >= 0.3 is 5.97 Å². The number of carbonyl (C=O) groups is 1. The monoisotopic (exact) mass is 326 g/mol. The fourth-order valence-corrected chi connectivity index (χ4v) is 2.89. The van der Waals surface area contributed by atoms with E-state index in [1.165, 1.54) is 0 Å². The standard InChI is InChI=1S/C21H26O3/c1-15(2)20(16(3)4)21(22)23-14-17-9-8-12-19(13-17)24-18-10-6-5-7-11-18/h5-13,15-16,20H,14H2,1-4H3. The van der Waals surface area contributed by atoms with E-state index < -0.39 is 0 Å². The molecule has 0 N–H and O–H groups in total. The molecule has 0 aliphatic heterocycles. The van der Waals surface area contributed by atoms with E-state index in [-0.39, 0.29) is 30.3 Å². The van der Waals surface area contributed by atoms with Gasteiger partial charge in [0.05, 0.1) is 5.92 Å². The highest BCUT2D eigenvalue weighted by Gasteiger charge is 2.26. The third kappa shape index (κ3) is 5.12. The van der Waals surface area contributed by atoms with Crippen molar-refractivity contribution in [2.45, 2.75) is 34.3 Å². The van der Waals surface area contributed by atoms with Crippen LogP contribution in [0.4, 0.5) is 0 Å². The second-order valence-corrected chi connectivity index (χ2v) is 6.68. The first-order valence-electron chi connectivity index (χ1n) is 8.46. The molecule has 0 fully saturated rings. The zero-order valence-corrected chi connectivity index (χ0v) is 14.9. The average Bonchev–Trinajstić information content (AvgIpc) is 2.53. The van der Waals surface area contributed by atoms with Crippen molar-refractivity contribution in [3.05, 3.63) is 60.2 Å². The van der Waals surface area contributed by atoms with E-state index in [1.807, 2.05) is 54.6 Å². The van der Waals surface area contributed by atoms with Crippen LogP contribution in [-0.4, -0.2) is 5.97 Å². The molecule has 0 saturated carbocycles. The van der Waals surface area contributed by atoms with Gasteiger partial charge in [-0.05, 0) is 41.7 Å². The van der Waals surface area contributed by atoms with Crippen molar-refractivity contribution in [1.29, 1.82) is 0 Å².